The summed E-state index contributed by atoms with van der Waals surface area (Å²) in [4.78, 5) is 30.6. The summed E-state index contributed by atoms with van der Waals surface area (Å²) in [7, 11) is 1.39. The molecular formula is C21H20N2O4. The first kappa shape index (κ1) is 17.3. The molecule has 138 valence electrons. The summed E-state index contributed by atoms with van der Waals surface area (Å²) in [5.74, 6) is 0.338. The number of esters is 1. The minimum atomic E-state index is -0.448. The summed E-state index contributed by atoms with van der Waals surface area (Å²) in [5, 5.41) is 0.765. The van der Waals surface area contributed by atoms with Crippen LogP contribution in [0, 0.1) is 6.92 Å². The molecule has 6 heteroatoms. The maximum absolute atomic E-state index is 12.1. The fourth-order valence-electron chi connectivity index (χ4n) is 3.71. The van der Waals surface area contributed by atoms with Gasteiger partial charge in [-0.15, -0.1) is 0 Å². The first-order valence-electron chi connectivity index (χ1n) is 8.94. The van der Waals surface area contributed by atoms with Gasteiger partial charge in [0.25, 0.3) is 0 Å². The highest BCUT2D eigenvalue weighted by atomic mass is 16.5. The topological polar surface area (TPSA) is 72.6 Å². The molecule has 3 aromatic rings. The van der Waals surface area contributed by atoms with Gasteiger partial charge in [0.2, 0.25) is 5.71 Å². The fourth-order valence-corrected chi connectivity index (χ4v) is 3.71. The molecule has 1 aliphatic rings. The van der Waals surface area contributed by atoms with Crippen LogP contribution in [0.1, 0.15) is 18.4 Å². The second kappa shape index (κ2) is 6.87. The van der Waals surface area contributed by atoms with Crippen LogP contribution < -0.4 is 10.5 Å². The van der Waals surface area contributed by atoms with Gasteiger partial charge in [0.1, 0.15) is 11.9 Å². The molecule has 0 N–H and O–H groups in total. The molecule has 1 saturated heterocycles. The van der Waals surface area contributed by atoms with Crippen molar-refractivity contribution in [1.82, 2.24) is 4.98 Å². The van der Waals surface area contributed by atoms with E-state index in [1.165, 1.54) is 13.2 Å². The molecule has 3 heterocycles. The number of ether oxygens (including phenoxy) is 1. The zero-order valence-corrected chi connectivity index (χ0v) is 15.3. The highest BCUT2D eigenvalue weighted by molar-refractivity contribution is 5.93. The van der Waals surface area contributed by atoms with Crippen molar-refractivity contribution in [2.75, 3.05) is 18.6 Å². The molecule has 0 unspecified atom stereocenters. The third-order valence-corrected chi connectivity index (χ3v) is 5.05. The number of aromatic nitrogens is 1. The number of methoxy groups -OCH3 is 1. The molecule has 0 aliphatic carbocycles. The Kier molecular flexibility index (Phi) is 4.39. The maximum Gasteiger partial charge on any atom is 0.338 e. The lowest BCUT2D eigenvalue weighted by Crippen LogP contribution is -2.37. The smallest absolute Gasteiger partial charge is 0.338 e. The van der Waals surface area contributed by atoms with Crippen molar-refractivity contribution in [2.24, 2.45) is 0 Å². The molecule has 1 atom stereocenters. The summed E-state index contributed by atoms with van der Waals surface area (Å²) in [6.07, 6.45) is 1.60. The molecular weight excluding hydrogens is 344 g/mol. The molecule has 0 radical (unpaired) electrons. The number of hydrogen-bond donors (Lipinski definition) is 0. The van der Waals surface area contributed by atoms with E-state index in [-0.39, 0.29) is 17.7 Å². The first-order chi connectivity index (χ1) is 13.1. The van der Waals surface area contributed by atoms with Gasteiger partial charge < -0.3 is 14.1 Å². The predicted molar refractivity (Wildman–Crippen MR) is 103 cm³/mol. The molecule has 0 bridgehead atoms. The number of benzene rings is 1. The standard InChI is InChI=1S/C21H20N2O4/c1-13-6-3-4-7-14(13)16-12-19(24)27-20-15(16)9-10-18(22-20)23-11-5-8-17(23)21(25)26-2/h3-4,6-7,9-10,12,17H,5,8,11H2,1-2H3/t17-/m1/s1. The lowest BCUT2D eigenvalue weighted by molar-refractivity contribution is -0.141. The normalized spacial score (nSPS) is 16.7. The first-order valence-corrected chi connectivity index (χ1v) is 8.94. The van der Waals surface area contributed by atoms with Crippen molar-refractivity contribution < 1.29 is 13.9 Å². The Morgan fingerprint density at radius 1 is 1.22 bits per heavy atom. The van der Waals surface area contributed by atoms with Gasteiger partial charge in [-0.3, -0.25) is 0 Å². The summed E-state index contributed by atoms with van der Waals surface area (Å²) in [6.45, 7) is 2.71. The van der Waals surface area contributed by atoms with Crippen LogP contribution in [0.25, 0.3) is 22.2 Å². The molecule has 27 heavy (non-hydrogen) atoms. The van der Waals surface area contributed by atoms with Crippen LogP contribution in [-0.4, -0.2) is 30.6 Å². The third kappa shape index (κ3) is 3.07. The summed E-state index contributed by atoms with van der Waals surface area (Å²) in [5.41, 5.74) is 2.66. The minimum Gasteiger partial charge on any atom is -0.467 e. The van der Waals surface area contributed by atoms with Crippen LogP contribution in [0.15, 0.2) is 51.7 Å². The zero-order valence-electron chi connectivity index (χ0n) is 15.3. The molecule has 0 saturated carbocycles. The van der Waals surface area contributed by atoms with E-state index in [9.17, 15) is 9.59 Å². The van der Waals surface area contributed by atoms with E-state index >= 15 is 0 Å². The van der Waals surface area contributed by atoms with Crippen molar-refractivity contribution in [3.63, 3.8) is 0 Å². The number of nitrogens with zero attached hydrogens (tertiary/aromatic N) is 2. The van der Waals surface area contributed by atoms with Gasteiger partial charge >= 0.3 is 11.6 Å². The highest BCUT2D eigenvalue weighted by Gasteiger charge is 2.32. The summed E-state index contributed by atoms with van der Waals surface area (Å²) >= 11 is 0. The number of pyridine rings is 1. The maximum atomic E-state index is 12.1. The summed E-state index contributed by atoms with van der Waals surface area (Å²) in [6, 6.07) is 12.8. The largest absolute Gasteiger partial charge is 0.467 e. The Morgan fingerprint density at radius 2 is 2.04 bits per heavy atom. The Bertz CT molecular complexity index is 1070. The van der Waals surface area contributed by atoms with Gasteiger partial charge in [-0.25, -0.2) is 9.59 Å². The van der Waals surface area contributed by atoms with E-state index in [2.05, 4.69) is 4.98 Å². The monoisotopic (exact) mass is 364 g/mol. The molecule has 0 spiro atoms. The van der Waals surface area contributed by atoms with Crippen LogP contribution in [0.2, 0.25) is 0 Å². The Labute approximate surface area is 156 Å². The highest BCUT2D eigenvalue weighted by Crippen LogP contribution is 2.32. The summed E-state index contributed by atoms with van der Waals surface area (Å²) < 4.78 is 10.3. The zero-order chi connectivity index (χ0) is 19.0. The van der Waals surface area contributed by atoms with E-state index in [1.807, 2.05) is 48.2 Å². The lowest BCUT2D eigenvalue weighted by atomic mass is 9.99. The van der Waals surface area contributed by atoms with Crippen molar-refractivity contribution in [1.29, 1.82) is 0 Å². The number of anilines is 1. The van der Waals surface area contributed by atoms with Crippen LogP contribution >= 0.6 is 0 Å². The van der Waals surface area contributed by atoms with Gasteiger partial charge in [0, 0.05) is 23.6 Å². The second-order valence-electron chi connectivity index (χ2n) is 6.69. The number of hydrogen-bond acceptors (Lipinski definition) is 6. The second-order valence-corrected chi connectivity index (χ2v) is 6.69. The van der Waals surface area contributed by atoms with Crippen molar-refractivity contribution in [2.45, 2.75) is 25.8 Å². The van der Waals surface area contributed by atoms with Crippen LogP contribution in [0.3, 0.4) is 0 Å². The van der Waals surface area contributed by atoms with E-state index in [0.717, 1.165) is 34.9 Å². The van der Waals surface area contributed by atoms with Crippen LogP contribution in [0.5, 0.6) is 0 Å². The Balaban J connectivity index is 1.84. The third-order valence-electron chi connectivity index (χ3n) is 5.05. The van der Waals surface area contributed by atoms with E-state index in [0.29, 0.717) is 12.4 Å². The number of carbonyl (C=O) groups excluding carboxylic acids is 1. The Hall–Kier alpha value is -3.15. The molecule has 1 aliphatic heterocycles. The number of fused-ring (bicyclic) bond motifs is 1. The number of aryl methyl sites for hydroxylation is 1. The van der Waals surface area contributed by atoms with Crippen molar-refractivity contribution >= 4 is 22.9 Å². The predicted octanol–water partition coefficient (Wildman–Crippen LogP) is 3.31. The number of carbonyl (C=O) groups is 1. The molecule has 0 amide bonds. The van der Waals surface area contributed by atoms with Gasteiger partial charge in [-0.1, -0.05) is 24.3 Å². The average Bonchev–Trinajstić information content (AvgIpc) is 3.16. The van der Waals surface area contributed by atoms with E-state index in [4.69, 9.17) is 9.15 Å². The van der Waals surface area contributed by atoms with Crippen molar-refractivity contribution in [3.8, 4) is 11.1 Å². The van der Waals surface area contributed by atoms with Crippen LogP contribution in [-0.2, 0) is 9.53 Å². The molecule has 2 aromatic heterocycles. The van der Waals surface area contributed by atoms with Crippen molar-refractivity contribution in [3.05, 3.63) is 58.4 Å². The average molecular weight is 364 g/mol. The minimum absolute atomic E-state index is 0.272. The van der Waals surface area contributed by atoms with Gasteiger partial charge in [-0.05, 0) is 43.0 Å². The van der Waals surface area contributed by atoms with E-state index in [1.54, 1.807) is 0 Å². The fraction of sp³-hybridized carbons (Fsp3) is 0.286. The molecule has 4 rings (SSSR count). The SMILES string of the molecule is COC(=O)[C@H]1CCCN1c1ccc2c(-c3ccccc3C)cc(=O)oc2n1. The Morgan fingerprint density at radius 3 is 2.81 bits per heavy atom. The quantitative estimate of drug-likeness (QED) is 0.664. The lowest BCUT2D eigenvalue weighted by Gasteiger charge is -2.23. The van der Waals surface area contributed by atoms with Crippen LogP contribution in [0.4, 0.5) is 5.82 Å². The molecule has 1 fully saturated rings. The van der Waals surface area contributed by atoms with Gasteiger partial charge in [0.15, 0.2) is 0 Å². The van der Waals surface area contributed by atoms with Gasteiger partial charge in [-0.2, -0.15) is 4.98 Å². The number of rotatable bonds is 3. The molecule has 1 aromatic carbocycles. The van der Waals surface area contributed by atoms with E-state index < -0.39 is 5.63 Å². The molecule has 6 nitrogen and oxygen atoms in total. The van der Waals surface area contributed by atoms with Gasteiger partial charge in [0.05, 0.1) is 7.11 Å².